The molecule has 0 radical (unpaired) electrons. The molecule has 0 aliphatic carbocycles. The number of allylic oxidation sites excluding steroid dienone is 1. The van der Waals surface area contributed by atoms with Crippen LogP contribution < -0.4 is 25.6 Å². The van der Waals surface area contributed by atoms with E-state index in [2.05, 4.69) is 16.2 Å². The lowest BCUT2D eigenvalue weighted by molar-refractivity contribution is -0.123. The quantitative estimate of drug-likeness (QED) is 0.535. The van der Waals surface area contributed by atoms with Crippen LogP contribution >= 0.6 is 12.2 Å². The number of anilines is 1. The molecule has 0 bridgehead atoms. The number of benzene rings is 2. The van der Waals surface area contributed by atoms with Gasteiger partial charge < -0.3 is 14.8 Å². The van der Waals surface area contributed by atoms with Crippen LogP contribution in [0.4, 0.5) is 5.69 Å². The van der Waals surface area contributed by atoms with Gasteiger partial charge in [0.25, 0.3) is 5.91 Å². The van der Waals surface area contributed by atoms with E-state index in [1.165, 1.54) is 0 Å². The van der Waals surface area contributed by atoms with E-state index < -0.39 is 0 Å². The Morgan fingerprint density at radius 1 is 1.12 bits per heavy atom. The molecule has 0 aliphatic heterocycles. The van der Waals surface area contributed by atoms with Gasteiger partial charge in [-0.1, -0.05) is 36.4 Å². The Morgan fingerprint density at radius 2 is 1.88 bits per heavy atom. The summed E-state index contributed by atoms with van der Waals surface area (Å²) >= 11 is 5.11. The van der Waals surface area contributed by atoms with Crippen LogP contribution in [0, 0.1) is 0 Å². The van der Waals surface area contributed by atoms with Crippen molar-refractivity contribution in [1.82, 2.24) is 10.9 Å². The lowest BCUT2D eigenvalue weighted by atomic mass is 10.2. The molecule has 0 unspecified atom stereocenters. The molecule has 0 fully saturated rings. The fraction of sp³-hybridized carbons (Fsp3) is 0.158. The van der Waals surface area contributed by atoms with E-state index in [0.29, 0.717) is 11.5 Å². The van der Waals surface area contributed by atoms with E-state index in [1.54, 1.807) is 13.2 Å². The second-order valence-corrected chi connectivity index (χ2v) is 5.60. The summed E-state index contributed by atoms with van der Waals surface area (Å²) < 4.78 is 10.8. The molecule has 1 amide bonds. The van der Waals surface area contributed by atoms with Crippen LogP contribution in [0.5, 0.6) is 11.5 Å². The highest BCUT2D eigenvalue weighted by Gasteiger charge is 2.08. The Kier molecular flexibility index (Phi) is 7.45. The molecule has 0 spiro atoms. The van der Waals surface area contributed by atoms with Crippen molar-refractivity contribution in [3.05, 3.63) is 60.2 Å². The zero-order chi connectivity index (χ0) is 18.8. The van der Waals surface area contributed by atoms with Crippen LogP contribution in [0.25, 0.3) is 6.08 Å². The molecule has 0 aromatic heterocycles. The number of hydrazine groups is 1. The zero-order valence-electron chi connectivity index (χ0n) is 14.6. The molecule has 2 aromatic rings. The van der Waals surface area contributed by atoms with Crippen molar-refractivity contribution in [1.29, 1.82) is 0 Å². The highest BCUT2D eigenvalue weighted by Crippen LogP contribution is 2.28. The maximum absolute atomic E-state index is 11.9. The topological polar surface area (TPSA) is 71.6 Å². The van der Waals surface area contributed by atoms with E-state index in [4.69, 9.17) is 21.7 Å². The average Bonchev–Trinajstić information content (AvgIpc) is 2.66. The number of hydrogen-bond acceptors (Lipinski definition) is 4. The van der Waals surface area contributed by atoms with Crippen molar-refractivity contribution in [2.75, 3.05) is 19.0 Å². The number of carbonyl (C=O) groups is 1. The van der Waals surface area contributed by atoms with Crippen LogP contribution in [0.1, 0.15) is 12.5 Å². The van der Waals surface area contributed by atoms with Gasteiger partial charge in [-0.2, -0.15) is 0 Å². The summed E-state index contributed by atoms with van der Waals surface area (Å²) in [4.78, 5) is 11.9. The summed E-state index contributed by atoms with van der Waals surface area (Å²) in [6.45, 7) is 1.76. The minimum atomic E-state index is -0.373. The highest BCUT2D eigenvalue weighted by molar-refractivity contribution is 7.80. The molecule has 0 heterocycles. The van der Waals surface area contributed by atoms with Gasteiger partial charge in [-0.15, -0.1) is 0 Å². The lowest BCUT2D eigenvalue weighted by Gasteiger charge is -2.13. The van der Waals surface area contributed by atoms with E-state index in [9.17, 15) is 4.79 Å². The van der Waals surface area contributed by atoms with Gasteiger partial charge in [0.05, 0.1) is 7.11 Å². The van der Waals surface area contributed by atoms with Crippen LogP contribution in [0.2, 0.25) is 0 Å². The number of para-hydroxylation sites is 1. The number of hydrogen-bond donors (Lipinski definition) is 3. The fourth-order valence-corrected chi connectivity index (χ4v) is 2.26. The van der Waals surface area contributed by atoms with Crippen molar-refractivity contribution in [3.8, 4) is 11.5 Å². The van der Waals surface area contributed by atoms with E-state index in [0.717, 1.165) is 11.3 Å². The molecule has 3 N–H and O–H groups in total. The molecule has 26 heavy (non-hydrogen) atoms. The molecule has 2 aromatic carbocycles. The third kappa shape index (κ3) is 6.10. The number of carbonyl (C=O) groups excluding carboxylic acids is 1. The molecule has 0 saturated carbocycles. The first-order chi connectivity index (χ1) is 12.6. The molecule has 136 valence electrons. The summed E-state index contributed by atoms with van der Waals surface area (Å²) in [6, 6.07) is 14.9. The number of rotatable bonds is 6. The average molecular weight is 371 g/mol. The summed E-state index contributed by atoms with van der Waals surface area (Å²) in [5.74, 6) is 0.672. The minimum absolute atomic E-state index is 0.180. The Labute approximate surface area is 158 Å². The van der Waals surface area contributed by atoms with Crippen LogP contribution in [0.15, 0.2) is 54.6 Å². The van der Waals surface area contributed by atoms with Crippen molar-refractivity contribution in [3.63, 3.8) is 0 Å². The first-order valence-electron chi connectivity index (χ1n) is 7.97. The molecule has 7 heteroatoms. The van der Waals surface area contributed by atoms with E-state index >= 15 is 0 Å². The third-order valence-corrected chi connectivity index (χ3v) is 3.46. The first kappa shape index (κ1) is 19.3. The van der Waals surface area contributed by atoms with Crippen molar-refractivity contribution >= 4 is 35.0 Å². The second-order valence-electron chi connectivity index (χ2n) is 5.19. The number of amides is 1. The maximum Gasteiger partial charge on any atom is 0.276 e. The van der Waals surface area contributed by atoms with Gasteiger partial charge in [0.15, 0.2) is 23.2 Å². The summed E-state index contributed by atoms with van der Waals surface area (Å²) in [5, 5.41) is 3.22. The zero-order valence-corrected chi connectivity index (χ0v) is 15.4. The van der Waals surface area contributed by atoms with Crippen LogP contribution in [-0.2, 0) is 4.79 Å². The monoisotopic (exact) mass is 371 g/mol. The highest BCUT2D eigenvalue weighted by atomic mass is 32.1. The summed E-state index contributed by atoms with van der Waals surface area (Å²) in [7, 11) is 1.55. The Balaban J connectivity index is 1.80. The number of nitrogens with one attached hydrogen (secondary N) is 3. The SMILES string of the molecule is C/C=C/c1ccc(OCC(=O)NNC(=S)Nc2ccccc2)c(OC)c1. The van der Waals surface area contributed by atoms with Crippen molar-refractivity contribution in [2.24, 2.45) is 0 Å². The van der Waals surface area contributed by atoms with Crippen molar-refractivity contribution in [2.45, 2.75) is 6.92 Å². The summed E-state index contributed by atoms with van der Waals surface area (Å²) in [6.07, 6.45) is 3.88. The Hall–Kier alpha value is -3.06. The van der Waals surface area contributed by atoms with Gasteiger partial charge in [-0.3, -0.25) is 15.6 Å². The van der Waals surface area contributed by atoms with Gasteiger partial charge >= 0.3 is 0 Å². The Bertz CT molecular complexity index is 779. The molecule has 0 atom stereocenters. The van der Waals surface area contributed by atoms with Gasteiger partial charge in [0, 0.05) is 5.69 Å². The number of methoxy groups -OCH3 is 1. The van der Waals surface area contributed by atoms with Gasteiger partial charge in [0.1, 0.15) is 0 Å². The summed E-state index contributed by atoms with van der Waals surface area (Å²) in [5.41, 5.74) is 6.90. The third-order valence-electron chi connectivity index (χ3n) is 3.25. The van der Waals surface area contributed by atoms with Gasteiger partial charge in [-0.05, 0) is 49.0 Å². The lowest BCUT2D eigenvalue weighted by Crippen LogP contribution is -2.45. The second kappa shape index (κ2) is 10.0. The standard InChI is InChI=1S/C19H21N3O3S/c1-3-7-14-10-11-16(17(12-14)24-2)25-13-18(23)21-22-19(26)20-15-8-5-4-6-9-15/h3-12H,13H2,1-2H3,(H,21,23)(H2,20,22,26)/b7-3+. The largest absolute Gasteiger partial charge is 0.493 e. The normalized spacial score (nSPS) is 10.2. The predicted octanol–water partition coefficient (Wildman–Crippen LogP) is 3.12. The molecular weight excluding hydrogens is 350 g/mol. The molecule has 0 aliphatic rings. The van der Waals surface area contributed by atoms with Gasteiger partial charge in [0.2, 0.25) is 0 Å². The predicted molar refractivity (Wildman–Crippen MR) is 107 cm³/mol. The smallest absolute Gasteiger partial charge is 0.276 e. The minimum Gasteiger partial charge on any atom is -0.493 e. The fourth-order valence-electron chi connectivity index (χ4n) is 2.09. The molecule has 0 saturated heterocycles. The van der Waals surface area contributed by atoms with Crippen LogP contribution in [0.3, 0.4) is 0 Å². The van der Waals surface area contributed by atoms with E-state index in [1.807, 2.05) is 61.5 Å². The number of thiocarbonyl (C=S) groups is 1. The van der Waals surface area contributed by atoms with Crippen LogP contribution in [-0.4, -0.2) is 24.7 Å². The number of ether oxygens (including phenoxy) is 2. The van der Waals surface area contributed by atoms with Gasteiger partial charge in [-0.25, -0.2) is 0 Å². The molecular formula is C19H21N3O3S. The molecule has 2 rings (SSSR count). The maximum atomic E-state index is 11.9. The van der Waals surface area contributed by atoms with E-state index in [-0.39, 0.29) is 17.6 Å². The Morgan fingerprint density at radius 3 is 2.58 bits per heavy atom. The molecule has 6 nitrogen and oxygen atoms in total. The van der Waals surface area contributed by atoms with Crippen molar-refractivity contribution < 1.29 is 14.3 Å². The first-order valence-corrected chi connectivity index (χ1v) is 8.37.